The first kappa shape index (κ1) is 22.4. The minimum atomic E-state index is -1.43. The summed E-state index contributed by atoms with van der Waals surface area (Å²) in [4.78, 5) is 24.9. The molecule has 0 aromatic carbocycles. The Balaban J connectivity index is 1.66. The number of hydrogen-bond acceptors (Lipinski definition) is 9. The normalized spacial score (nSPS) is 32.5. The molecular formula is C21H28N6O5. The number of carbonyl (C=O) groups is 1. The number of nitrogens with one attached hydrogen (secondary N) is 1. The van der Waals surface area contributed by atoms with Gasteiger partial charge in [0.25, 0.3) is 5.91 Å². The van der Waals surface area contributed by atoms with Gasteiger partial charge in [0.05, 0.1) is 6.33 Å². The quantitative estimate of drug-likeness (QED) is 0.390. The Hall–Kier alpha value is -2.78. The highest BCUT2D eigenvalue weighted by molar-refractivity contribution is 5.83. The number of aliphatic hydroxyl groups is 3. The summed E-state index contributed by atoms with van der Waals surface area (Å²) in [5.74, 6) is 5.74. The molecule has 0 bridgehead atoms. The third-order valence-corrected chi connectivity index (χ3v) is 5.95. The molecule has 2 aliphatic rings. The molecular weight excluding hydrogens is 416 g/mol. The van der Waals surface area contributed by atoms with Gasteiger partial charge in [-0.2, -0.15) is 0 Å². The van der Waals surface area contributed by atoms with Crippen LogP contribution >= 0.6 is 0 Å². The number of carbonyl (C=O) groups excluding carboxylic acids is 1. The number of hydrogen-bond donors (Lipinski definition) is 5. The van der Waals surface area contributed by atoms with Crippen LogP contribution in [0.1, 0.15) is 51.6 Å². The van der Waals surface area contributed by atoms with E-state index in [2.05, 4.69) is 39.0 Å². The molecule has 1 amide bonds. The highest BCUT2D eigenvalue weighted by atomic mass is 16.6. The van der Waals surface area contributed by atoms with Crippen molar-refractivity contribution in [3.8, 4) is 11.8 Å². The van der Waals surface area contributed by atoms with E-state index in [1.165, 1.54) is 10.9 Å². The first-order chi connectivity index (χ1) is 15.2. The summed E-state index contributed by atoms with van der Waals surface area (Å²) in [7, 11) is 0. The standard InChI is InChI=1S/C21H28N6O5/c1-3-23-19(30)16-14(28)15(29)20(32-16)27-10-24-13-17(22)25-12(26-18(13)27)6-8-21(31)7-4-5-11(2)9-21/h10-11,14-16,20,28-29,31H,3-5,7,9H2,1-2H3,(H,23,30)(H2,22,25,26)/t11-,14?,15?,16+,20-,21-/m1/s1. The second-order valence-corrected chi connectivity index (χ2v) is 8.56. The maximum absolute atomic E-state index is 12.2. The highest BCUT2D eigenvalue weighted by Crippen LogP contribution is 2.33. The second-order valence-electron chi connectivity index (χ2n) is 8.56. The molecule has 1 saturated heterocycles. The predicted octanol–water partition coefficient (Wildman–Crippen LogP) is -0.543. The smallest absolute Gasteiger partial charge is 0.252 e. The van der Waals surface area contributed by atoms with Crippen molar-refractivity contribution in [2.45, 2.75) is 69.7 Å². The van der Waals surface area contributed by atoms with Gasteiger partial charge in [0.15, 0.2) is 23.8 Å². The van der Waals surface area contributed by atoms with Crippen LogP contribution in [0.5, 0.6) is 0 Å². The van der Waals surface area contributed by atoms with E-state index in [0.29, 0.717) is 25.3 Å². The third kappa shape index (κ3) is 4.14. The van der Waals surface area contributed by atoms with Gasteiger partial charge in [-0.05, 0) is 38.0 Å². The Morgan fingerprint density at radius 3 is 2.91 bits per heavy atom. The molecule has 172 valence electrons. The summed E-state index contributed by atoms with van der Waals surface area (Å²) < 4.78 is 7.04. The van der Waals surface area contributed by atoms with E-state index in [-0.39, 0.29) is 22.8 Å². The Bertz CT molecular complexity index is 1080. The SMILES string of the molecule is CCNC(=O)[C@H]1O[C@@H](n2cnc3c(N)nc(C#C[C@]4(O)CCC[C@@H](C)C4)nc32)C(O)C1O. The van der Waals surface area contributed by atoms with Crippen molar-refractivity contribution in [1.82, 2.24) is 24.8 Å². The van der Waals surface area contributed by atoms with Crippen LogP contribution < -0.4 is 11.1 Å². The van der Waals surface area contributed by atoms with Gasteiger partial charge >= 0.3 is 0 Å². The van der Waals surface area contributed by atoms with Gasteiger partial charge in [0, 0.05) is 6.54 Å². The molecule has 11 nitrogen and oxygen atoms in total. The van der Waals surface area contributed by atoms with Crippen LogP contribution in [-0.2, 0) is 9.53 Å². The van der Waals surface area contributed by atoms with E-state index < -0.39 is 36.0 Å². The lowest BCUT2D eigenvalue weighted by Gasteiger charge is -2.30. The van der Waals surface area contributed by atoms with Gasteiger partial charge in [-0.15, -0.1) is 0 Å². The molecule has 2 fully saturated rings. The number of aliphatic hydroxyl groups excluding tert-OH is 2. The molecule has 4 rings (SSSR count). The second kappa shape index (κ2) is 8.63. The predicted molar refractivity (Wildman–Crippen MR) is 114 cm³/mol. The van der Waals surface area contributed by atoms with Gasteiger partial charge in [-0.25, -0.2) is 15.0 Å². The van der Waals surface area contributed by atoms with Gasteiger partial charge in [-0.1, -0.05) is 19.3 Å². The van der Waals surface area contributed by atoms with Crippen LogP contribution in [0, 0.1) is 17.8 Å². The summed E-state index contributed by atoms with van der Waals surface area (Å²) in [6.45, 7) is 4.18. The summed E-state index contributed by atoms with van der Waals surface area (Å²) in [6, 6.07) is 0. The maximum atomic E-state index is 12.2. The summed E-state index contributed by atoms with van der Waals surface area (Å²) in [5, 5.41) is 34.1. The molecule has 1 saturated carbocycles. The van der Waals surface area contributed by atoms with E-state index in [0.717, 1.165) is 12.8 Å². The lowest BCUT2D eigenvalue weighted by molar-refractivity contribution is -0.137. The molecule has 2 aromatic heterocycles. The van der Waals surface area contributed by atoms with Crippen LogP contribution in [0.15, 0.2) is 6.33 Å². The first-order valence-electron chi connectivity index (χ1n) is 10.8. The molecule has 3 heterocycles. The van der Waals surface area contributed by atoms with Crippen LogP contribution in [0.2, 0.25) is 0 Å². The molecule has 32 heavy (non-hydrogen) atoms. The summed E-state index contributed by atoms with van der Waals surface area (Å²) in [6.07, 6.45) is -0.699. The largest absolute Gasteiger partial charge is 0.387 e. The van der Waals surface area contributed by atoms with Crippen LogP contribution in [0.3, 0.4) is 0 Å². The molecule has 6 N–H and O–H groups in total. The molecule has 2 unspecified atom stereocenters. The van der Waals surface area contributed by atoms with Crippen LogP contribution in [0.25, 0.3) is 11.2 Å². The number of nitrogens with zero attached hydrogens (tertiary/aromatic N) is 4. The fraction of sp³-hybridized carbons (Fsp3) is 0.619. The number of nitrogen functional groups attached to an aromatic ring is 1. The number of amides is 1. The van der Waals surface area contributed by atoms with Crippen molar-refractivity contribution < 1.29 is 24.9 Å². The van der Waals surface area contributed by atoms with Crippen LogP contribution in [0.4, 0.5) is 5.82 Å². The number of imidazole rings is 1. The van der Waals surface area contributed by atoms with Gasteiger partial charge in [-0.3, -0.25) is 9.36 Å². The molecule has 0 radical (unpaired) electrons. The van der Waals surface area contributed by atoms with E-state index in [1.807, 2.05) is 0 Å². The molecule has 1 aliphatic carbocycles. The van der Waals surface area contributed by atoms with Crippen molar-refractivity contribution >= 4 is 22.9 Å². The van der Waals surface area contributed by atoms with Crippen molar-refractivity contribution in [2.24, 2.45) is 5.92 Å². The zero-order valence-electron chi connectivity index (χ0n) is 18.0. The Morgan fingerprint density at radius 1 is 1.41 bits per heavy atom. The molecule has 2 aromatic rings. The maximum Gasteiger partial charge on any atom is 0.252 e. The number of fused-ring (bicyclic) bond motifs is 1. The van der Waals surface area contributed by atoms with Crippen molar-refractivity contribution in [3.05, 3.63) is 12.2 Å². The van der Waals surface area contributed by atoms with Gasteiger partial charge < -0.3 is 31.1 Å². The fourth-order valence-corrected chi connectivity index (χ4v) is 4.37. The monoisotopic (exact) mass is 444 g/mol. The summed E-state index contributed by atoms with van der Waals surface area (Å²) >= 11 is 0. The van der Waals surface area contributed by atoms with E-state index in [4.69, 9.17) is 10.5 Å². The first-order valence-corrected chi connectivity index (χ1v) is 10.8. The Labute approximate surface area is 185 Å². The van der Waals surface area contributed by atoms with E-state index in [1.54, 1.807) is 6.92 Å². The van der Waals surface area contributed by atoms with Crippen molar-refractivity contribution in [3.63, 3.8) is 0 Å². The number of nitrogens with two attached hydrogens (primary N) is 1. The lowest BCUT2D eigenvalue weighted by Crippen LogP contribution is -2.42. The third-order valence-electron chi connectivity index (χ3n) is 5.95. The number of aromatic nitrogens is 4. The molecule has 6 atom stereocenters. The van der Waals surface area contributed by atoms with E-state index >= 15 is 0 Å². The highest BCUT2D eigenvalue weighted by Gasteiger charge is 2.47. The zero-order chi connectivity index (χ0) is 23.0. The Morgan fingerprint density at radius 2 is 2.19 bits per heavy atom. The fourth-order valence-electron chi connectivity index (χ4n) is 4.37. The van der Waals surface area contributed by atoms with Gasteiger partial charge in [0.2, 0.25) is 5.82 Å². The Kier molecular flexibility index (Phi) is 6.05. The number of likely N-dealkylation sites (N-methyl/N-ethyl adjacent to an activating group) is 1. The van der Waals surface area contributed by atoms with Gasteiger partial charge in [0.1, 0.15) is 23.3 Å². The van der Waals surface area contributed by atoms with Crippen molar-refractivity contribution in [2.75, 3.05) is 12.3 Å². The molecule has 0 spiro atoms. The topological polar surface area (TPSA) is 169 Å². The molecule has 1 aliphatic heterocycles. The minimum Gasteiger partial charge on any atom is -0.387 e. The number of ether oxygens (including phenoxy) is 1. The summed E-state index contributed by atoms with van der Waals surface area (Å²) in [5.41, 5.74) is 5.44. The number of anilines is 1. The lowest BCUT2D eigenvalue weighted by atomic mass is 9.79. The average Bonchev–Trinajstić information content (AvgIpc) is 3.28. The zero-order valence-corrected chi connectivity index (χ0v) is 18.0. The molecule has 11 heteroatoms. The minimum absolute atomic E-state index is 0.0790. The van der Waals surface area contributed by atoms with Crippen LogP contribution in [-0.4, -0.2) is 71.2 Å². The number of rotatable bonds is 3. The average molecular weight is 444 g/mol. The van der Waals surface area contributed by atoms with E-state index in [9.17, 15) is 20.1 Å². The van der Waals surface area contributed by atoms with Crippen molar-refractivity contribution in [1.29, 1.82) is 0 Å².